The molecular weight excluding hydrogens is 357 g/mol. The molecule has 3 rings (SSSR count). The Hall–Kier alpha value is -2.39. The minimum atomic E-state index is -0.729. The number of cyclic esters (lactones) is 1. The number of carbonyl (C=O) groups is 2. The van der Waals surface area contributed by atoms with Gasteiger partial charge in [-0.2, -0.15) is 0 Å². The van der Waals surface area contributed by atoms with Gasteiger partial charge in [0.05, 0.1) is 18.8 Å². The van der Waals surface area contributed by atoms with Crippen LogP contribution in [0, 0.1) is 5.82 Å². The molecule has 1 saturated carbocycles. The van der Waals surface area contributed by atoms with Gasteiger partial charge in [0.1, 0.15) is 18.8 Å². The fraction of sp³-hybridized carbons (Fsp3) is 0.556. The first kappa shape index (κ1) is 19.4. The predicted molar refractivity (Wildman–Crippen MR) is 95.2 cm³/mol. The van der Waals surface area contributed by atoms with Gasteiger partial charge >= 0.3 is 6.09 Å². The standard InChI is InChI=1S/C18H24FN3O5/c1-11(23)20-8-15-9-22(18(25)27-15)13-4-5-17(16(19)6-13)26-10-14(24)7-21-12-2-3-12/h4-6,12,14-15,21,24H,2-3,7-10H2,1H3,(H,20,23)/t14-,15+/m1/s1. The summed E-state index contributed by atoms with van der Waals surface area (Å²) in [5, 5.41) is 15.6. The summed E-state index contributed by atoms with van der Waals surface area (Å²) in [5.41, 5.74) is 0.339. The lowest BCUT2D eigenvalue weighted by Gasteiger charge is -2.16. The van der Waals surface area contributed by atoms with Gasteiger partial charge in [-0.05, 0) is 25.0 Å². The molecule has 0 unspecified atom stereocenters. The molecule has 2 aliphatic rings. The van der Waals surface area contributed by atoms with E-state index >= 15 is 0 Å². The van der Waals surface area contributed by atoms with Crippen molar-refractivity contribution in [1.29, 1.82) is 0 Å². The van der Waals surface area contributed by atoms with E-state index in [0.717, 1.165) is 12.8 Å². The van der Waals surface area contributed by atoms with E-state index in [1.807, 2.05) is 0 Å². The lowest BCUT2D eigenvalue weighted by atomic mass is 10.2. The molecule has 1 aliphatic carbocycles. The van der Waals surface area contributed by atoms with Gasteiger partial charge < -0.3 is 25.2 Å². The van der Waals surface area contributed by atoms with Crippen LogP contribution in [-0.2, 0) is 9.53 Å². The Balaban J connectivity index is 1.52. The number of anilines is 1. The number of rotatable bonds is 9. The van der Waals surface area contributed by atoms with Crippen LogP contribution in [0.3, 0.4) is 0 Å². The van der Waals surface area contributed by atoms with Crippen LogP contribution in [0.4, 0.5) is 14.9 Å². The molecule has 0 spiro atoms. The number of nitrogens with one attached hydrogen (secondary N) is 2. The zero-order chi connectivity index (χ0) is 19.4. The van der Waals surface area contributed by atoms with Crippen molar-refractivity contribution in [2.45, 2.75) is 38.0 Å². The number of ether oxygens (including phenoxy) is 2. The van der Waals surface area contributed by atoms with E-state index < -0.39 is 24.1 Å². The monoisotopic (exact) mass is 381 g/mol. The molecule has 0 radical (unpaired) electrons. The van der Waals surface area contributed by atoms with E-state index in [-0.39, 0.29) is 31.4 Å². The van der Waals surface area contributed by atoms with Crippen molar-refractivity contribution in [1.82, 2.24) is 10.6 Å². The van der Waals surface area contributed by atoms with E-state index in [0.29, 0.717) is 18.3 Å². The summed E-state index contributed by atoms with van der Waals surface area (Å²) in [6, 6.07) is 4.63. The second-order valence-corrected chi connectivity index (χ2v) is 6.82. The van der Waals surface area contributed by atoms with Crippen molar-refractivity contribution in [2.75, 3.05) is 31.1 Å². The number of hydrogen-bond donors (Lipinski definition) is 3. The van der Waals surface area contributed by atoms with E-state index in [9.17, 15) is 19.1 Å². The third-order valence-corrected chi connectivity index (χ3v) is 4.33. The van der Waals surface area contributed by atoms with Gasteiger partial charge in [-0.1, -0.05) is 0 Å². The van der Waals surface area contributed by atoms with Gasteiger partial charge in [-0.3, -0.25) is 9.69 Å². The fourth-order valence-corrected chi connectivity index (χ4v) is 2.71. The van der Waals surface area contributed by atoms with Crippen molar-refractivity contribution in [2.24, 2.45) is 0 Å². The van der Waals surface area contributed by atoms with Gasteiger partial charge in [-0.15, -0.1) is 0 Å². The summed E-state index contributed by atoms with van der Waals surface area (Å²) in [5.74, 6) is -0.842. The maximum absolute atomic E-state index is 14.3. The topological polar surface area (TPSA) is 100 Å². The number of amides is 2. The number of halogens is 1. The molecule has 2 amide bonds. The minimum absolute atomic E-state index is 0.00609. The van der Waals surface area contributed by atoms with Crippen LogP contribution in [-0.4, -0.2) is 61.6 Å². The average Bonchev–Trinajstić information content (AvgIpc) is 3.38. The van der Waals surface area contributed by atoms with Crippen LogP contribution in [0.25, 0.3) is 0 Å². The number of aliphatic hydroxyl groups excluding tert-OH is 1. The highest BCUT2D eigenvalue weighted by molar-refractivity contribution is 5.89. The van der Waals surface area contributed by atoms with E-state index in [2.05, 4.69) is 10.6 Å². The van der Waals surface area contributed by atoms with Crippen LogP contribution in [0.5, 0.6) is 5.75 Å². The van der Waals surface area contributed by atoms with Crippen molar-refractivity contribution >= 4 is 17.7 Å². The maximum Gasteiger partial charge on any atom is 0.414 e. The molecule has 2 atom stereocenters. The molecule has 3 N–H and O–H groups in total. The molecule has 1 saturated heterocycles. The highest BCUT2D eigenvalue weighted by Crippen LogP contribution is 2.27. The number of aliphatic hydroxyl groups is 1. The highest BCUT2D eigenvalue weighted by Gasteiger charge is 2.32. The van der Waals surface area contributed by atoms with Crippen LogP contribution < -0.4 is 20.3 Å². The third kappa shape index (κ3) is 5.54. The zero-order valence-corrected chi connectivity index (χ0v) is 15.1. The van der Waals surface area contributed by atoms with Crippen LogP contribution >= 0.6 is 0 Å². The molecule has 9 heteroatoms. The average molecular weight is 381 g/mol. The number of benzene rings is 1. The first-order chi connectivity index (χ1) is 12.9. The SMILES string of the molecule is CC(=O)NC[C@H]1CN(c2ccc(OC[C@H](O)CNC3CC3)c(F)c2)C(=O)O1. The minimum Gasteiger partial charge on any atom is -0.488 e. The Bertz CT molecular complexity index is 698. The Morgan fingerprint density at radius 3 is 2.93 bits per heavy atom. The van der Waals surface area contributed by atoms with Crippen molar-refractivity contribution < 1.29 is 28.6 Å². The molecule has 1 aliphatic heterocycles. The Morgan fingerprint density at radius 1 is 1.48 bits per heavy atom. The first-order valence-electron chi connectivity index (χ1n) is 8.98. The van der Waals surface area contributed by atoms with Gasteiger partial charge in [-0.25, -0.2) is 9.18 Å². The number of hydrogen-bond acceptors (Lipinski definition) is 6. The molecule has 1 aromatic carbocycles. The van der Waals surface area contributed by atoms with Crippen molar-refractivity contribution in [3.63, 3.8) is 0 Å². The molecule has 1 aromatic rings. The second-order valence-electron chi connectivity index (χ2n) is 6.82. The smallest absolute Gasteiger partial charge is 0.414 e. The van der Waals surface area contributed by atoms with E-state index in [4.69, 9.17) is 9.47 Å². The molecule has 0 bridgehead atoms. The van der Waals surface area contributed by atoms with Gasteiger partial charge in [0.2, 0.25) is 5.91 Å². The Labute approximate surface area is 156 Å². The predicted octanol–water partition coefficient (Wildman–Crippen LogP) is 0.779. The third-order valence-electron chi connectivity index (χ3n) is 4.33. The van der Waals surface area contributed by atoms with E-state index in [1.54, 1.807) is 6.07 Å². The lowest BCUT2D eigenvalue weighted by Crippen LogP contribution is -2.33. The van der Waals surface area contributed by atoms with Gasteiger partial charge in [0, 0.05) is 25.6 Å². The van der Waals surface area contributed by atoms with Crippen LogP contribution in [0.2, 0.25) is 0 Å². The normalized spacial score (nSPS) is 20.3. The van der Waals surface area contributed by atoms with Crippen LogP contribution in [0.15, 0.2) is 18.2 Å². The fourth-order valence-electron chi connectivity index (χ4n) is 2.71. The summed E-state index contributed by atoms with van der Waals surface area (Å²) in [4.78, 5) is 24.2. The first-order valence-corrected chi connectivity index (χ1v) is 8.98. The highest BCUT2D eigenvalue weighted by atomic mass is 19.1. The van der Waals surface area contributed by atoms with E-state index in [1.165, 1.54) is 24.0 Å². The molecule has 27 heavy (non-hydrogen) atoms. The summed E-state index contributed by atoms with van der Waals surface area (Å²) < 4.78 is 24.8. The maximum atomic E-state index is 14.3. The molecular formula is C18H24FN3O5. The molecule has 148 valence electrons. The zero-order valence-electron chi connectivity index (χ0n) is 15.1. The summed E-state index contributed by atoms with van der Waals surface area (Å²) in [7, 11) is 0. The quantitative estimate of drug-likeness (QED) is 0.585. The van der Waals surface area contributed by atoms with Crippen LogP contribution in [0.1, 0.15) is 19.8 Å². The molecule has 0 aromatic heterocycles. The second kappa shape index (κ2) is 8.53. The van der Waals surface area contributed by atoms with Gasteiger partial charge in [0.15, 0.2) is 11.6 Å². The largest absolute Gasteiger partial charge is 0.488 e. The number of carbonyl (C=O) groups excluding carboxylic acids is 2. The molecule has 1 heterocycles. The summed E-state index contributed by atoms with van der Waals surface area (Å²) >= 11 is 0. The molecule has 2 fully saturated rings. The Kier molecular flexibility index (Phi) is 6.12. The number of nitrogens with zero attached hydrogens (tertiary/aromatic N) is 1. The summed E-state index contributed by atoms with van der Waals surface area (Å²) in [6.45, 7) is 2.17. The lowest BCUT2D eigenvalue weighted by molar-refractivity contribution is -0.119. The molecule has 8 nitrogen and oxygen atoms in total. The summed E-state index contributed by atoms with van der Waals surface area (Å²) in [6.07, 6.45) is 0.421. The Morgan fingerprint density at radius 2 is 2.26 bits per heavy atom. The van der Waals surface area contributed by atoms with Crippen molar-refractivity contribution in [3.8, 4) is 5.75 Å². The van der Waals surface area contributed by atoms with Gasteiger partial charge in [0.25, 0.3) is 0 Å². The van der Waals surface area contributed by atoms with Crippen molar-refractivity contribution in [3.05, 3.63) is 24.0 Å².